The Morgan fingerprint density at radius 2 is 1.89 bits per heavy atom. The van der Waals surface area contributed by atoms with Gasteiger partial charge in [-0.1, -0.05) is 6.07 Å². The Hall–Kier alpha value is -2.62. The Balaban J connectivity index is 1.62. The van der Waals surface area contributed by atoms with E-state index in [0.717, 1.165) is 4.88 Å². The summed E-state index contributed by atoms with van der Waals surface area (Å²) < 4.78 is 14.9. The number of hydrogen-bond donors (Lipinski definition) is 1. The van der Waals surface area contributed by atoms with Gasteiger partial charge in [-0.15, -0.1) is 16.4 Å². The molecule has 1 saturated heterocycles. The molecule has 3 heterocycles. The smallest absolute Gasteiger partial charge is 0.293 e. The van der Waals surface area contributed by atoms with Gasteiger partial charge in [0.15, 0.2) is 5.82 Å². The number of thiophene rings is 1. The van der Waals surface area contributed by atoms with E-state index in [2.05, 4.69) is 15.0 Å². The van der Waals surface area contributed by atoms with Crippen LogP contribution in [0, 0.1) is 5.82 Å². The molecule has 0 radical (unpaired) electrons. The molecule has 1 fully saturated rings. The highest BCUT2D eigenvalue weighted by Crippen LogP contribution is 2.26. The number of rotatable bonds is 5. The Morgan fingerprint density at radius 3 is 2.54 bits per heavy atom. The summed E-state index contributed by atoms with van der Waals surface area (Å²) in [6, 6.07) is 9.77. The van der Waals surface area contributed by atoms with Gasteiger partial charge in [-0.3, -0.25) is 9.69 Å². The lowest BCUT2D eigenvalue weighted by Crippen LogP contribution is -2.49. The first kappa shape index (κ1) is 18.7. The van der Waals surface area contributed by atoms with Crippen LogP contribution < -0.4 is 0 Å². The number of amides is 1. The van der Waals surface area contributed by atoms with Crippen LogP contribution in [0.4, 0.5) is 4.39 Å². The molecule has 1 N–H and O–H groups in total. The molecule has 28 heavy (non-hydrogen) atoms. The van der Waals surface area contributed by atoms with Gasteiger partial charge in [0.25, 0.3) is 5.91 Å². The summed E-state index contributed by atoms with van der Waals surface area (Å²) in [4.78, 5) is 22.2. The van der Waals surface area contributed by atoms with Gasteiger partial charge >= 0.3 is 0 Å². The van der Waals surface area contributed by atoms with Crippen molar-refractivity contribution in [3.8, 4) is 16.4 Å². The van der Waals surface area contributed by atoms with Gasteiger partial charge < -0.3 is 10.0 Å². The number of β-amino-alcohol motifs (C(OH)–C–C–N with tert-alkyl or cyclic N) is 1. The summed E-state index contributed by atoms with van der Waals surface area (Å²) in [5.41, 5.74) is 0.643. The minimum Gasteiger partial charge on any atom is -0.395 e. The zero-order chi connectivity index (χ0) is 19.5. The highest BCUT2D eigenvalue weighted by molar-refractivity contribution is 7.13. The number of aliphatic hydroxyl groups excluding tert-OH is 1. The Bertz CT molecular complexity index is 934. The van der Waals surface area contributed by atoms with E-state index in [-0.39, 0.29) is 24.2 Å². The van der Waals surface area contributed by atoms with Crippen molar-refractivity contribution in [2.75, 3.05) is 39.3 Å². The zero-order valence-electron chi connectivity index (χ0n) is 15.2. The normalized spacial score (nSPS) is 15.1. The van der Waals surface area contributed by atoms with E-state index in [9.17, 15) is 9.18 Å². The van der Waals surface area contributed by atoms with Gasteiger partial charge in [0, 0.05) is 32.7 Å². The number of halogens is 1. The average Bonchev–Trinajstić information content (AvgIpc) is 3.39. The standard InChI is InChI=1S/C19H20FN5O2S/c20-14-3-5-15(6-4-14)25-18(16-2-1-13-28-16)21-17(22-25)19(27)24-9-7-23(8-10-24)11-12-26/h1-6,13,26H,7-12H2. The van der Waals surface area contributed by atoms with E-state index in [0.29, 0.717) is 44.2 Å². The first-order valence-corrected chi connectivity index (χ1v) is 9.93. The summed E-state index contributed by atoms with van der Waals surface area (Å²) in [5.74, 6) is 0.133. The van der Waals surface area contributed by atoms with Gasteiger partial charge in [-0.2, -0.15) is 0 Å². The molecule has 0 saturated carbocycles. The molecule has 3 aromatic rings. The number of aromatic nitrogens is 3. The molecule has 1 aliphatic rings. The lowest BCUT2D eigenvalue weighted by molar-refractivity contribution is 0.0603. The van der Waals surface area contributed by atoms with Crippen molar-refractivity contribution < 1.29 is 14.3 Å². The predicted molar refractivity (Wildman–Crippen MR) is 104 cm³/mol. The van der Waals surface area contributed by atoms with Crippen molar-refractivity contribution >= 4 is 17.2 Å². The van der Waals surface area contributed by atoms with Gasteiger partial charge in [0.05, 0.1) is 17.2 Å². The minimum absolute atomic E-state index is 0.113. The third-order valence-electron chi connectivity index (χ3n) is 4.69. The third kappa shape index (κ3) is 3.82. The fourth-order valence-corrected chi connectivity index (χ4v) is 3.89. The topological polar surface area (TPSA) is 74.5 Å². The Labute approximate surface area is 165 Å². The molecule has 1 aromatic carbocycles. The van der Waals surface area contributed by atoms with Crippen LogP contribution in [0.2, 0.25) is 0 Å². The van der Waals surface area contributed by atoms with Crippen LogP contribution >= 0.6 is 11.3 Å². The maximum atomic E-state index is 13.3. The Morgan fingerprint density at radius 1 is 1.14 bits per heavy atom. The predicted octanol–water partition coefficient (Wildman–Crippen LogP) is 1.89. The summed E-state index contributed by atoms with van der Waals surface area (Å²) >= 11 is 1.50. The highest BCUT2D eigenvalue weighted by atomic mass is 32.1. The third-order valence-corrected chi connectivity index (χ3v) is 5.55. The van der Waals surface area contributed by atoms with E-state index in [1.165, 1.54) is 23.5 Å². The van der Waals surface area contributed by atoms with Crippen molar-refractivity contribution in [1.29, 1.82) is 0 Å². The van der Waals surface area contributed by atoms with Gasteiger partial charge in [0.2, 0.25) is 5.82 Å². The number of carbonyl (C=O) groups excluding carboxylic acids is 1. The van der Waals surface area contributed by atoms with E-state index in [1.807, 2.05) is 17.5 Å². The first-order chi connectivity index (χ1) is 13.7. The van der Waals surface area contributed by atoms with Crippen molar-refractivity contribution in [3.05, 3.63) is 53.4 Å². The zero-order valence-corrected chi connectivity index (χ0v) is 16.0. The fourth-order valence-electron chi connectivity index (χ4n) is 3.19. The monoisotopic (exact) mass is 401 g/mol. The van der Waals surface area contributed by atoms with Crippen LogP contribution in [0.25, 0.3) is 16.4 Å². The van der Waals surface area contributed by atoms with E-state index in [4.69, 9.17) is 5.11 Å². The van der Waals surface area contributed by atoms with E-state index in [1.54, 1.807) is 21.7 Å². The number of piperazine rings is 1. The summed E-state index contributed by atoms with van der Waals surface area (Å²) in [5, 5.41) is 15.4. The average molecular weight is 401 g/mol. The van der Waals surface area contributed by atoms with Crippen molar-refractivity contribution in [3.63, 3.8) is 0 Å². The van der Waals surface area contributed by atoms with Crippen LogP contribution in [0.15, 0.2) is 41.8 Å². The largest absolute Gasteiger partial charge is 0.395 e. The quantitative estimate of drug-likeness (QED) is 0.707. The number of nitrogens with zero attached hydrogens (tertiary/aromatic N) is 5. The van der Waals surface area contributed by atoms with Crippen LogP contribution in [0.5, 0.6) is 0 Å². The molecule has 9 heteroatoms. The second-order valence-corrected chi connectivity index (χ2v) is 7.43. The van der Waals surface area contributed by atoms with Crippen molar-refractivity contribution in [2.24, 2.45) is 0 Å². The molecule has 1 amide bonds. The summed E-state index contributed by atoms with van der Waals surface area (Å²) in [7, 11) is 0. The van der Waals surface area contributed by atoms with Crippen LogP contribution in [-0.2, 0) is 0 Å². The molecule has 4 rings (SSSR count). The molecule has 0 unspecified atom stereocenters. The number of hydrogen-bond acceptors (Lipinski definition) is 6. The lowest BCUT2D eigenvalue weighted by atomic mass is 10.3. The van der Waals surface area contributed by atoms with Crippen LogP contribution in [0.3, 0.4) is 0 Å². The second kappa shape index (κ2) is 8.17. The molecule has 0 aliphatic carbocycles. The molecule has 0 spiro atoms. The van der Waals surface area contributed by atoms with Crippen LogP contribution in [0.1, 0.15) is 10.6 Å². The maximum Gasteiger partial charge on any atom is 0.293 e. The van der Waals surface area contributed by atoms with Crippen molar-refractivity contribution in [1.82, 2.24) is 24.6 Å². The molecule has 7 nitrogen and oxygen atoms in total. The van der Waals surface area contributed by atoms with E-state index < -0.39 is 0 Å². The number of benzene rings is 1. The summed E-state index contributed by atoms with van der Waals surface area (Å²) in [6.07, 6.45) is 0. The van der Waals surface area contributed by atoms with E-state index >= 15 is 0 Å². The number of carbonyl (C=O) groups is 1. The molecular formula is C19H20FN5O2S. The fraction of sp³-hybridized carbons (Fsp3) is 0.316. The van der Waals surface area contributed by atoms with Gasteiger partial charge in [-0.05, 0) is 35.7 Å². The number of aliphatic hydroxyl groups is 1. The SMILES string of the molecule is O=C(c1nc(-c2cccs2)n(-c2ccc(F)cc2)n1)N1CCN(CCO)CC1. The minimum atomic E-state index is -0.335. The van der Waals surface area contributed by atoms with Crippen LogP contribution in [-0.4, -0.2) is 74.9 Å². The maximum absolute atomic E-state index is 13.3. The molecule has 146 valence electrons. The van der Waals surface area contributed by atoms with Gasteiger partial charge in [-0.25, -0.2) is 14.1 Å². The molecule has 0 bridgehead atoms. The molecular weight excluding hydrogens is 381 g/mol. The molecule has 2 aromatic heterocycles. The summed E-state index contributed by atoms with van der Waals surface area (Å²) in [6.45, 7) is 3.28. The Kier molecular flexibility index (Phi) is 5.47. The van der Waals surface area contributed by atoms with Crippen molar-refractivity contribution in [2.45, 2.75) is 0 Å². The highest BCUT2D eigenvalue weighted by Gasteiger charge is 2.26. The second-order valence-electron chi connectivity index (χ2n) is 6.48. The lowest BCUT2D eigenvalue weighted by Gasteiger charge is -2.33. The first-order valence-electron chi connectivity index (χ1n) is 9.05. The molecule has 1 aliphatic heterocycles. The molecule has 0 atom stereocenters. The van der Waals surface area contributed by atoms with Gasteiger partial charge in [0.1, 0.15) is 5.82 Å².